The van der Waals surface area contributed by atoms with Gasteiger partial charge in [-0.25, -0.2) is 4.79 Å². The lowest BCUT2D eigenvalue weighted by Crippen LogP contribution is -2.32. The Morgan fingerprint density at radius 3 is 2.42 bits per heavy atom. The number of rotatable bonds is 5. The lowest BCUT2D eigenvalue weighted by molar-refractivity contribution is -0.139. The van der Waals surface area contributed by atoms with Crippen LogP contribution in [0.15, 0.2) is 24.3 Å². The Kier molecular flexibility index (Phi) is 4.39. The average molecular weight is 263 g/mol. The third-order valence-electron chi connectivity index (χ3n) is 3.17. The fourth-order valence-corrected chi connectivity index (χ4v) is 2.19. The van der Waals surface area contributed by atoms with E-state index in [1.54, 1.807) is 24.3 Å². The number of amides is 1. The van der Waals surface area contributed by atoms with Crippen LogP contribution < -0.4 is 10.1 Å². The minimum Gasteiger partial charge on any atom is -0.482 e. The van der Waals surface area contributed by atoms with Crippen LogP contribution in [0, 0.1) is 0 Å². The highest BCUT2D eigenvalue weighted by Crippen LogP contribution is 2.18. The summed E-state index contributed by atoms with van der Waals surface area (Å²) in [5, 5.41) is 11.5. The van der Waals surface area contributed by atoms with Crippen molar-refractivity contribution in [2.75, 3.05) is 6.61 Å². The first kappa shape index (κ1) is 13.4. The van der Waals surface area contributed by atoms with E-state index in [4.69, 9.17) is 9.84 Å². The highest BCUT2D eigenvalue weighted by atomic mass is 16.5. The van der Waals surface area contributed by atoms with Crippen molar-refractivity contribution in [1.82, 2.24) is 5.32 Å². The van der Waals surface area contributed by atoms with Crippen molar-refractivity contribution in [2.45, 2.75) is 31.7 Å². The molecule has 1 aromatic carbocycles. The molecule has 1 fully saturated rings. The van der Waals surface area contributed by atoms with Crippen molar-refractivity contribution in [3.05, 3.63) is 29.8 Å². The van der Waals surface area contributed by atoms with Crippen molar-refractivity contribution < 1.29 is 19.4 Å². The molecule has 5 heteroatoms. The number of carbonyl (C=O) groups is 2. The molecule has 19 heavy (non-hydrogen) atoms. The molecule has 0 spiro atoms. The maximum Gasteiger partial charge on any atom is 0.341 e. The quantitative estimate of drug-likeness (QED) is 0.849. The molecule has 0 aromatic heterocycles. The Morgan fingerprint density at radius 2 is 1.84 bits per heavy atom. The molecule has 0 atom stereocenters. The van der Waals surface area contributed by atoms with E-state index in [-0.39, 0.29) is 18.6 Å². The van der Waals surface area contributed by atoms with Gasteiger partial charge in [-0.05, 0) is 37.1 Å². The van der Waals surface area contributed by atoms with Crippen LogP contribution in [-0.4, -0.2) is 29.6 Å². The van der Waals surface area contributed by atoms with E-state index in [1.165, 1.54) is 12.8 Å². The molecule has 0 bridgehead atoms. The fraction of sp³-hybridized carbons (Fsp3) is 0.429. The van der Waals surface area contributed by atoms with Crippen molar-refractivity contribution in [2.24, 2.45) is 0 Å². The monoisotopic (exact) mass is 263 g/mol. The van der Waals surface area contributed by atoms with Crippen LogP contribution in [0.25, 0.3) is 0 Å². The highest BCUT2D eigenvalue weighted by molar-refractivity contribution is 5.94. The Morgan fingerprint density at radius 1 is 1.21 bits per heavy atom. The lowest BCUT2D eigenvalue weighted by atomic mass is 10.1. The van der Waals surface area contributed by atoms with E-state index in [0.717, 1.165) is 12.8 Å². The summed E-state index contributed by atoms with van der Waals surface area (Å²) in [5.41, 5.74) is 0.564. The maximum atomic E-state index is 11.9. The molecule has 0 saturated heterocycles. The minimum atomic E-state index is -1.02. The molecular weight excluding hydrogens is 246 g/mol. The predicted molar refractivity (Wildman–Crippen MR) is 69.3 cm³/mol. The number of hydrogen-bond donors (Lipinski definition) is 2. The minimum absolute atomic E-state index is 0.0864. The van der Waals surface area contributed by atoms with Crippen LogP contribution in [0.3, 0.4) is 0 Å². The standard InChI is InChI=1S/C14H17NO4/c16-13(17)9-19-12-7-5-10(6-8-12)14(18)15-11-3-1-2-4-11/h5-8,11H,1-4,9H2,(H,15,18)(H,16,17). The number of carboxylic acids is 1. The van der Waals surface area contributed by atoms with Crippen molar-refractivity contribution >= 4 is 11.9 Å². The van der Waals surface area contributed by atoms with Gasteiger partial charge in [0.2, 0.25) is 0 Å². The first-order valence-corrected chi connectivity index (χ1v) is 6.40. The summed E-state index contributed by atoms with van der Waals surface area (Å²) >= 11 is 0. The van der Waals surface area contributed by atoms with Crippen LogP contribution >= 0.6 is 0 Å². The zero-order chi connectivity index (χ0) is 13.7. The maximum absolute atomic E-state index is 11.9. The molecule has 0 aliphatic heterocycles. The van der Waals surface area contributed by atoms with Crippen molar-refractivity contribution in [1.29, 1.82) is 0 Å². The van der Waals surface area contributed by atoms with Gasteiger partial charge in [0, 0.05) is 11.6 Å². The second-order valence-electron chi connectivity index (χ2n) is 4.66. The Labute approximate surface area is 111 Å². The molecule has 2 N–H and O–H groups in total. The summed E-state index contributed by atoms with van der Waals surface area (Å²) in [6.45, 7) is -0.381. The molecule has 2 rings (SSSR count). The lowest BCUT2D eigenvalue weighted by Gasteiger charge is -2.12. The molecule has 0 heterocycles. The van der Waals surface area contributed by atoms with E-state index in [9.17, 15) is 9.59 Å². The zero-order valence-electron chi connectivity index (χ0n) is 10.6. The smallest absolute Gasteiger partial charge is 0.341 e. The first-order valence-electron chi connectivity index (χ1n) is 6.40. The topological polar surface area (TPSA) is 75.6 Å². The van der Waals surface area contributed by atoms with Gasteiger partial charge in [0.1, 0.15) is 5.75 Å². The van der Waals surface area contributed by atoms with Gasteiger partial charge in [0.15, 0.2) is 6.61 Å². The summed E-state index contributed by atoms with van der Waals surface area (Å²) < 4.78 is 5.00. The zero-order valence-corrected chi connectivity index (χ0v) is 10.6. The molecular formula is C14H17NO4. The number of aliphatic carboxylic acids is 1. The summed E-state index contributed by atoms with van der Waals surface area (Å²) in [6.07, 6.45) is 4.44. The molecule has 1 aliphatic rings. The molecule has 1 saturated carbocycles. The fourth-order valence-electron chi connectivity index (χ4n) is 2.19. The molecule has 0 radical (unpaired) electrons. The van der Waals surface area contributed by atoms with E-state index in [2.05, 4.69) is 5.32 Å². The molecule has 1 aliphatic carbocycles. The highest BCUT2D eigenvalue weighted by Gasteiger charge is 2.17. The van der Waals surface area contributed by atoms with Crippen LogP contribution in [-0.2, 0) is 4.79 Å². The summed E-state index contributed by atoms with van der Waals surface area (Å²) in [4.78, 5) is 22.3. The van der Waals surface area contributed by atoms with E-state index in [1.807, 2.05) is 0 Å². The molecule has 0 unspecified atom stereocenters. The van der Waals surface area contributed by atoms with Crippen LogP contribution in [0.4, 0.5) is 0 Å². The number of benzene rings is 1. The molecule has 102 valence electrons. The second kappa shape index (κ2) is 6.22. The van der Waals surface area contributed by atoms with Crippen LogP contribution in [0.1, 0.15) is 36.0 Å². The number of nitrogens with one attached hydrogen (secondary N) is 1. The van der Waals surface area contributed by atoms with Gasteiger partial charge in [-0.2, -0.15) is 0 Å². The van der Waals surface area contributed by atoms with Gasteiger partial charge in [0.25, 0.3) is 5.91 Å². The summed E-state index contributed by atoms with van der Waals surface area (Å²) in [5.74, 6) is -0.667. The van der Waals surface area contributed by atoms with Crippen molar-refractivity contribution in [3.8, 4) is 5.75 Å². The first-order chi connectivity index (χ1) is 9.15. The van der Waals surface area contributed by atoms with Gasteiger partial charge in [0.05, 0.1) is 0 Å². The Bertz CT molecular complexity index is 449. The van der Waals surface area contributed by atoms with Gasteiger partial charge in [-0.3, -0.25) is 4.79 Å². The number of carbonyl (C=O) groups excluding carboxylic acids is 1. The SMILES string of the molecule is O=C(O)COc1ccc(C(=O)NC2CCCC2)cc1. The van der Waals surface area contributed by atoms with E-state index < -0.39 is 5.97 Å². The van der Waals surface area contributed by atoms with Crippen LogP contribution in [0.2, 0.25) is 0 Å². The Hall–Kier alpha value is -2.04. The average Bonchev–Trinajstić information content (AvgIpc) is 2.89. The normalized spacial score (nSPS) is 15.2. The Balaban J connectivity index is 1.89. The third-order valence-corrected chi connectivity index (χ3v) is 3.17. The predicted octanol–water partition coefficient (Wildman–Crippen LogP) is 1.82. The second-order valence-corrected chi connectivity index (χ2v) is 4.66. The largest absolute Gasteiger partial charge is 0.482 e. The van der Waals surface area contributed by atoms with Gasteiger partial charge in [-0.15, -0.1) is 0 Å². The van der Waals surface area contributed by atoms with E-state index >= 15 is 0 Å². The van der Waals surface area contributed by atoms with Gasteiger partial charge in [-0.1, -0.05) is 12.8 Å². The third kappa shape index (κ3) is 3.98. The number of ether oxygens (including phenoxy) is 1. The summed E-state index contributed by atoms with van der Waals surface area (Å²) in [7, 11) is 0. The molecule has 1 aromatic rings. The number of carboxylic acid groups (broad SMARTS) is 1. The van der Waals surface area contributed by atoms with Crippen molar-refractivity contribution in [3.63, 3.8) is 0 Å². The number of hydrogen-bond acceptors (Lipinski definition) is 3. The van der Waals surface area contributed by atoms with Crippen LogP contribution in [0.5, 0.6) is 5.75 Å². The van der Waals surface area contributed by atoms with Gasteiger partial charge >= 0.3 is 5.97 Å². The molecule has 5 nitrogen and oxygen atoms in total. The summed E-state index contributed by atoms with van der Waals surface area (Å²) in [6, 6.07) is 6.78. The van der Waals surface area contributed by atoms with Gasteiger partial charge < -0.3 is 15.2 Å². The van der Waals surface area contributed by atoms with E-state index in [0.29, 0.717) is 11.3 Å². The molecule has 1 amide bonds.